The lowest BCUT2D eigenvalue weighted by molar-refractivity contribution is 0.596. The van der Waals surface area contributed by atoms with E-state index < -0.39 is 9.84 Å². The van der Waals surface area contributed by atoms with Crippen LogP contribution in [0.5, 0.6) is 0 Å². The molecule has 0 fully saturated rings. The standard InChI is InChI=1S/C36H26O2S2/c37-40(38,33-23-17-30(18-24-33)36-14-8-7-13-35(36)29-11-5-2-6-12-29)34-25-21-32(22-26-34)39-31-19-15-28(16-20-31)27-9-3-1-4-10-27/h1-26H. The summed E-state index contributed by atoms with van der Waals surface area (Å²) in [7, 11) is -3.64. The Balaban J connectivity index is 1.19. The van der Waals surface area contributed by atoms with Crippen molar-refractivity contribution in [2.24, 2.45) is 0 Å². The third-order valence-electron chi connectivity index (χ3n) is 6.82. The van der Waals surface area contributed by atoms with E-state index in [4.69, 9.17) is 0 Å². The largest absolute Gasteiger partial charge is 0.219 e. The van der Waals surface area contributed by atoms with Crippen molar-refractivity contribution in [2.75, 3.05) is 0 Å². The van der Waals surface area contributed by atoms with Crippen molar-refractivity contribution in [3.05, 3.63) is 158 Å². The average molecular weight is 555 g/mol. The van der Waals surface area contributed by atoms with E-state index in [-0.39, 0.29) is 9.79 Å². The first-order valence-corrected chi connectivity index (χ1v) is 15.3. The Morgan fingerprint density at radius 3 is 1.23 bits per heavy atom. The van der Waals surface area contributed by atoms with Crippen molar-refractivity contribution in [2.45, 2.75) is 19.6 Å². The Morgan fingerprint density at radius 2 is 0.700 bits per heavy atom. The number of hydrogen-bond donors (Lipinski definition) is 0. The van der Waals surface area contributed by atoms with E-state index >= 15 is 0 Å². The highest BCUT2D eigenvalue weighted by Crippen LogP contribution is 2.34. The minimum Gasteiger partial charge on any atom is -0.219 e. The molecule has 0 atom stereocenters. The number of hydrogen-bond acceptors (Lipinski definition) is 3. The van der Waals surface area contributed by atoms with Gasteiger partial charge < -0.3 is 0 Å². The first kappa shape index (κ1) is 25.9. The van der Waals surface area contributed by atoms with Crippen LogP contribution in [0.1, 0.15) is 0 Å². The van der Waals surface area contributed by atoms with Crippen LogP contribution in [-0.4, -0.2) is 8.42 Å². The van der Waals surface area contributed by atoms with Crippen LogP contribution in [0.2, 0.25) is 0 Å². The lowest BCUT2D eigenvalue weighted by atomic mass is 9.95. The van der Waals surface area contributed by atoms with Crippen LogP contribution >= 0.6 is 11.8 Å². The highest BCUT2D eigenvalue weighted by atomic mass is 32.2. The first-order valence-electron chi connectivity index (χ1n) is 13.0. The van der Waals surface area contributed by atoms with Gasteiger partial charge in [-0.05, 0) is 81.9 Å². The second-order valence-corrected chi connectivity index (χ2v) is 12.5. The van der Waals surface area contributed by atoms with E-state index in [9.17, 15) is 8.42 Å². The highest BCUT2D eigenvalue weighted by Gasteiger charge is 2.18. The molecule has 0 aliphatic carbocycles. The molecule has 6 aromatic rings. The second kappa shape index (κ2) is 11.4. The minimum atomic E-state index is -3.64. The molecule has 0 unspecified atom stereocenters. The van der Waals surface area contributed by atoms with Crippen molar-refractivity contribution >= 4 is 21.6 Å². The van der Waals surface area contributed by atoms with Crippen molar-refractivity contribution in [1.82, 2.24) is 0 Å². The van der Waals surface area contributed by atoms with Gasteiger partial charge in [-0.3, -0.25) is 0 Å². The Hall–Kier alpha value is -4.38. The molecule has 40 heavy (non-hydrogen) atoms. The predicted octanol–water partition coefficient (Wildman–Crippen LogP) is 9.67. The monoisotopic (exact) mass is 554 g/mol. The van der Waals surface area contributed by atoms with Gasteiger partial charge in [0.15, 0.2) is 0 Å². The molecule has 0 saturated heterocycles. The lowest BCUT2D eigenvalue weighted by Gasteiger charge is -2.11. The third-order valence-corrected chi connectivity index (χ3v) is 9.62. The van der Waals surface area contributed by atoms with E-state index in [1.807, 2.05) is 72.8 Å². The lowest BCUT2D eigenvalue weighted by Crippen LogP contribution is -2.01. The number of rotatable bonds is 7. The van der Waals surface area contributed by atoms with Gasteiger partial charge in [0.05, 0.1) is 9.79 Å². The Bertz CT molecular complexity index is 1830. The predicted molar refractivity (Wildman–Crippen MR) is 165 cm³/mol. The molecule has 0 aromatic heterocycles. The molecule has 0 radical (unpaired) electrons. The molecular weight excluding hydrogens is 529 g/mol. The first-order chi connectivity index (χ1) is 19.6. The number of benzene rings is 6. The summed E-state index contributed by atoms with van der Waals surface area (Å²) in [5.41, 5.74) is 6.63. The second-order valence-electron chi connectivity index (χ2n) is 9.40. The molecule has 0 amide bonds. The van der Waals surface area contributed by atoms with Crippen molar-refractivity contribution < 1.29 is 8.42 Å². The zero-order valence-electron chi connectivity index (χ0n) is 21.6. The molecule has 4 heteroatoms. The van der Waals surface area contributed by atoms with E-state index in [2.05, 4.69) is 60.7 Å². The summed E-state index contributed by atoms with van der Waals surface area (Å²) < 4.78 is 26.8. The summed E-state index contributed by atoms with van der Waals surface area (Å²) in [5, 5.41) is 0. The van der Waals surface area contributed by atoms with Crippen LogP contribution in [0.4, 0.5) is 0 Å². The van der Waals surface area contributed by atoms with Gasteiger partial charge in [0.1, 0.15) is 0 Å². The maximum absolute atomic E-state index is 13.4. The fraction of sp³-hybridized carbons (Fsp3) is 0. The maximum atomic E-state index is 13.4. The van der Waals surface area contributed by atoms with Gasteiger partial charge in [-0.1, -0.05) is 121 Å². The van der Waals surface area contributed by atoms with Gasteiger partial charge in [-0.15, -0.1) is 0 Å². The molecule has 0 heterocycles. The molecule has 0 N–H and O–H groups in total. The molecule has 194 valence electrons. The normalized spacial score (nSPS) is 11.3. The van der Waals surface area contributed by atoms with Crippen molar-refractivity contribution in [1.29, 1.82) is 0 Å². The van der Waals surface area contributed by atoms with Gasteiger partial charge >= 0.3 is 0 Å². The Morgan fingerprint density at radius 1 is 0.350 bits per heavy atom. The summed E-state index contributed by atoms with van der Waals surface area (Å²) >= 11 is 1.61. The summed E-state index contributed by atoms with van der Waals surface area (Å²) in [6, 6.07) is 51.3. The molecule has 6 rings (SSSR count). The summed E-state index contributed by atoms with van der Waals surface area (Å²) in [5.74, 6) is 0. The van der Waals surface area contributed by atoms with Crippen LogP contribution in [0.3, 0.4) is 0 Å². The van der Waals surface area contributed by atoms with Gasteiger partial charge in [0, 0.05) is 9.79 Å². The SMILES string of the molecule is O=S(=O)(c1ccc(Sc2ccc(-c3ccccc3)cc2)cc1)c1ccc(-c2ccccc2-c2ccccc2)cc1. The molecule has 6 aromatic carbocycles. The van der Waals surface area contributed by atoms with Crippen LogP contribution in [0, 0.1) is 0 Å². The zero-order chi connectivity index (χ0) is 27.4. The Kier molecular flexibility index (Phi) is 7.37. The summed E-state index contributed by atoms with van der Waals surface area (Å²) in [6.07, 6.45) is 0. The van der Waals surface area contributed by atoms with E-state index in [0.717, 1.165) is 32.0 Å². The molecule has 0 spiro atoms. The Labute approximate surface area is 239 Å². The van der Waals surface area contributed by atoms with Gasteiger partial charge in [-0.2, -0.15) is 0 Å². The van der Waals surface area contributed by atoms with E-state index in [1.165, 1.54) is 11.1 Å². The number of sulfone groups is 1. The van der Waals surface area contributed by atoms with E-state index in [0.29, 0.717) is 0 Å². The fourth-order valence-corrected chi connectivity index (χ4v) is 6.80. The fourth-order valence-electron chi connectivity index (χ4n) is 4.72. The molecule has 0 bridgehead atoms. The van der Waals surface area contributed by atoms with Crippen molar-refractivity contribution in [3.8, 4) is 33.4 Å². The molecule has 0 aliphatic heterocycles. The van der Waals surface area contributed by atoms with E-state index in [1.54, 1.807) is 36.0 Å². The summed E-state index contributed by atoms with van der Waals surface area (Å²) in [6.45, 7) is 0. The third kappa shape index (κ3) is 5.50. The van der Waals surface area contributed by atoms with Gasteiger partial charge in [0.25, 0.3) is 0 Å². The van der Waals surface area contributed by atoms with Gasteiger partial charge in [-0.25, -0.2) is 8.42 Å². The molecule has 0 aliphatic rings. The quantitative estimate of drug-likeness (QED) is 0.197. The van der Waals surface area contributed by atoms with Crippen LogP contribution in [-0.2, 0) is 9.84 Å². The average Bonchev–Trinajstić information content (AvgIpc) is 3.03. The van der Waals surface area contributed by atoms with Crippen LogP contribution in [0.25, 0.3) is 33.4 Å². The van der Waals surface area contributed by atoms with Crippen LogP contribution < -0.4 is 0 Å². The molecular formula is C36H26O2S2. The smallest absolute Gasteiger partial charge is 0.206 e. The summed E-state index contributed by atoms with van der Waals surface area (Å²) in [4.78, 5) is 2.65. The minimum absolute atomic E-state index is 0.283. The van der Waals surface area contributed by atoms with Gasteiger partial charge in [0.2, 0.25) is 9.84 Å². The molecule has 2 nitrogen and oxygen atoms in total. The zero-order valence-corrected chi connectivity index (χ0v) is 23.3. The van der Waals surface area contributed by atoms with Crippen LogP contribution in [0.15, 0.2) is 177 Å². The topological polar surface area (TPSA) is 34.1 Å². The van der Waals surface area contributed by atoms with Crippen molar-refractivity contribution in [3.63, 3.8) is 0 Å². The maximum Gasteiger partial charge on any atom is 0.206 e. The highest BCUT2D eigenvalue weighted by molar-refractivity contribution is 7.99. The molecule has 0 saturated carbocycles.